The Balaban J connectivity index is 1.49. The lowest BCUT2D eigenvalue weighted by molar-refractivity contribution is -0.892. The number of hydrogen-bond donors (Lipinski definition) is 2. The van der Waals surface area contributed by atoms with Crippen LogP contribution in [-0.2, 0) is 11.0 Å². The Labute approximate surface area is 174 Å². The van der Waals surface area contributed by atoms with Crippen LogP contribution in [0.5, 0.6) is 0 Å². The van der Waals surface area contributed by atoms with Gasteiger partial charge in [-0.05, 0) is 25.0 Å². The highest BCUT2D eigenvalue weighted by atomic mass is 19.4. The zero-order valence-corrected chi connectivity index (χ0v) is 17.4. The maximum atomic E-state index is 12.7. The van der Waals surface area contributed by atoms with Crippen LogP contribution in [0.3, 0.4) is 0 Å². The minimum atomic E-state index is -4.35. The molecule has 5 nitrogen and oxygen atoms in total. The number of aryl methyl sites for hydroxylation is 1. The van der Waals surface area contributed by atoms with Crippen LogP contribution in [0.4, 0.5) is 19.0 Å². The van der Waals surface area contributed by atoms with Crippen molar-refractivity contribution in [3.63, 3.8) is 0 Å². The first-order valence-corrected chi connectivity index (χ1v) is 10.3. The predicted octanol–water partition coefficient (Wildman–Crippen LogP) is 1.80. The van der Waals surface area contributed by atoms with Crippen molar-refractivity contribution in [2.45, 2.75) is 32.5 Å². The number of benzene rings is 1. The Bertz CT molecular complexity index is 829. The van der Waals surface area contributed by atoms with E-state index in [0.29, 0.717) is 25.5 Å². The zero-order valence-electron chi connectivity index (χ0n) is 17.4. The molecule has 30 heavy (non-hydrogen) atoms. The molecule has 1 aliphatic heterocycles. The van der Waals surface area contributed by atoms with Gasteiger partial charge in [0.15, 0.2) is 6.54 Å². The van der Waals surface area contributed by atoms with Crippen LogP contribution in [0.2, 0.25) is 0 Å². The third-order valence-electron chi connectivity index (χ3n) is 5.57. The van der Waals surface area contributed by atoms with Crippen molar-refractivity contribution in [3.8, 4) is 0 Å². The molecule has 1 saturated heterocycles. The topological polar surface area (TPSA) is 50.9 Å². The molecular formula is C22H29F3N4O+2. The van der Waals surface area contributed by atoms with Gasteiger partial charge in [0.2, 0.25) is 0 Å². The lowest BCUT2D eigenvalue weighted by atomic mass is 10.0. The first-order chi connectivity index (χ1) is 14.3. The number of carbonyl (C=O) groups is 1. The molecule has 0 aliphatic carbocycles. The standard InChI is InChI=1S/C22H27F3N4O/c1-3-19(17-6-4-16(2)5-7-17)27-21(30)15-28-10-12-29(13-11-28)20-9-8-18(14-26-20)22(23,24)25/h4-9,14,19H,3,10-13,15H2,1-2H3,(H,27,30)/p+2/t19-/m1/s1. The Morgan fingerprint density at radius 1 is 1.17 bits per heavy atom. The lowest BCUT2D eigenvalue weighted by Gasteiger charge is -2.28. The Hall–Kier alpha value is -2.61. The molecule has 1 amide bonds. The van der Waals surface area contributed by atoms with Crippen molar-refractivity contribution in [2.75, 3.05) is 37.6 Å². The van der Waals surface area contributed by atoms with E-state index in [-0.39, 0.29) is 11.9 Å². The summed E-state index contributed by atoms with van der Waals surface area (Å²) in [4.78, 5) is 18.5. The van der Waals surface area contributed by atoms with E-state index in [4.69, 9.17) is 0 Å². The maximum Gasteiger partial charge on any atom is 0.419 e. The van der Waals surface area contributed by atoms with E-state index in [1.54, 1.807) is 0 Å². The van der Waals surface area contributed by atoms with Gasteiger partial charge in [0.25, 0.3) is 11.7 Å². The number of aromatic amines is 1. The first-order valence-electron chi connectivity index (χ1n) is 10.3. The van der Waals surface area contributed by atoms with Crippen molar-refractivity contribution < 1.29 is 27.8 Å². The quantitative estimate of drug-likeness (QED) is 0.746. The number of pyridine rings is 1. The Kier molecular flexibility index (Phi) is 6.97. The van der Waals surface area contributed by atoms with Gasteiger partial charge in [0.1, 0.15) is 32.4 Å². The van der Waals surface area contributed by atoms with Gasteiger partial charge in [-0.1, -0.05) is 36.8 Å². The van der Waals surface area contributed by atoms with Gasteiger partial charge in [0.05, 0.1) is 11.6 Å². The Morgan fingerprint density at radius 2 is 1.83 bits per heavy atom. The number of nitrogens with one attached hydrogen (secondary N) is 3. The summed E-state index contributed by atoms with van der Waals surface area (Å²) >= 11 is 0. The van der Waals surface area contributed by atoms with E-state index >= 15 is 0 Å². The van der Waals surface area contributed by atoms with Gasteiger partial charge in [-0.15, -0.1) is 0 Å². The largest absolute Gasteiger partial charge is 0.419 e. The van der Waals surface area contributed by atoms with Crippen molar-refractivity contribution in [1.82, 2.24) is 5.32 Å². The number of piperazine rings is 1. The summed E-state index contributed by atoms with van der Waals surface area (Å²) in [5.74, 6) is 0.684. The van der Waals surface area contributed by atoms with Gasteiger partial charge < -0.3 is 10.2 Å². The summed E-state index contributed by atoms with van der Waals surface area (Å²) in [5, 5.41) is 3.13. The van der Waals surface area contributed by atoms with E-state index in [1.165, 1.54) is 16.5 Å². The summed E-state index contributed by atoms with van der Waals surface area (Å²) in [6.07, 6.45) is -2.53. The average molecular weight is 422 g/mol. The number of aromatic nitrogens is 1. The second kappa shape index (κ2) is 9.47. The summed E-state index contributed by atoms with van der Waals surface area (Å²) in [6, 6.07) is 10.8. The van der Waals surface area contributed by atoms with Crippen LogP contribution >= 0.6 is 0 Å². The molecule has 1 atom stereocenters. The molecule has 162 valence electrons. The third kappa shape index (κ3) is 5.72. The van der Waals surface area contributed by atoms with Crippen LogP contribution in [0.15, 0.2) is 42.6 Å². The molecular weight excluding hydrogens is 393 g/mol. The smallest absolute Gasteiger partial charge is 0.344 e. The number of halogens is 3. The maximum absolute atomic E-state index is 12.7. The molecule has 3 N–H and O–H groups in total. The molecule has 1 fully saturated rings. The molecule has 1 aromatic heterocycles. The third-order valence-corrected chi connectivity index (χ3v) is 5.57. The second-order valence-corrected chi connectivity index (χ2v) is 7.81. The number of anilines is 1. The molecule has 0 spiro atoms. The zero-order chi connectivity index (χ0) is 21.7. The summed E-state index contributed by atoms with van der Waals surface area (Å²) in [5.41, 5.74) is 1.60. The lowest BCUT2D eigenvalue weighted by Crippen LogP contribution is -3.16. The molecule has 0 unspecified atom stereocenters. The number of amides is 1. The van der Waals surface area contributed by atoms with Crippen molar-refractivity contribution >= 4 is 11.7 Å². The van der Waals surface area contributed by atoms with E-state index in [2.05, 4.69) is 29.4 Å². The van der Waals surface area contributed by atoms with Crippen molar-refractivity contribution in [3.05, 3.63) is 59.3 Å². The molecule has 2 heterocycles. The monoisotopic (exact) mass is 422 g/mol. The minimum Gasteiger partial charge on any atom is -0.344 e. The van der Waals surface area contributed by atoms with Crippen LogP contribution in [0.1, 0.15) is 36.1 Å². The SMILES string of the molecule is CC[C@@H](NC(=O)C[NH+]1CCN(c2ccc(C(F)(F)F)c[nH+]2)CC1)c1ccc(C)cc1. The molecule has 0 bridgehead atoms. The fourth-order valence-electron chi connectivity index (χ4n) is 3.72. The molecule has 1 aliphatic rings. The fourth-order valence-corrected chi connectivity index (χ4v) is 3.72. The number of carbonyl (C=O) groups excluding carboxylic acids is 1. The number of nitrogens with zero attached hydrogens (tertiary/aromatic N) is 1. The molecule has 0 radical (unpaired) electrons. The van der Waals surface area contributed by atoms with Crippen molar-refractivity contribution in [2.24, 2.45) is 0 Å². The highest BCUT2D eigenvalue weighted by Gasteiger charge is 2.33. The van der Waals surface area contributed by atoms with Crippen LogP contribution in [0, 0.1) is 6.92 Å². The molecule has 8 heteroatoms. The average Bonchev–Trinajstić information content (AvgIpc) is 2.73. The highest BCUT2D eigenvalue weighted by Crippen LogP contribution is 2.28. The van der Waals surface area contributed by atoms with Crippen LogP contribution < -0.4 is 20.1 Å². The number of rotatable bonds is 6. The number of alkyl halides is 3. The van der Waals surface area contributed by atoms with Crippen LogP contribution in [-0.4, -0.2) is 38.6 Å². The minimum absolute atomic E-state index is 0.000497. The summed E-state index contributed by atoms with van der Waals surface area (Å²) in [6.45, 7) is 7.35. The van der Waals surface area contributed by atoms with Crippen molar-refractivity contribution in [1.29, 1.82) is 0 Å². The van der Waals surface area contributed by atoms with E-state index in [1.807, 2.05) is 24.0 Å². The van der Waals surface area contributed by atoms with Gasteiger partial charge in [0, 0.05) is 6.07 Å². The number of hydrogen-bond acceptors (Lipinski definition) is 2. The second-order valence-electron chi connectivity index (χ2n) is 7.81. The van der Waals surface area contributed by atoms with E-state index in [0.717, 1.165) is 37.3 Å². The van der Waals surface area contributed by atoms with Gasteiger partial charge in [-0.2, -0.15) is 13.2 Å². The Morgan fingerprint density at radius 3 is 2.37 bits per heavy atom. The molecule has 2 aromatic rings. The fraction of sp³-hybridized carbons (Fsp3) is 0.455. The molecule has 3 rings (SSSR count). The number of quaternary nitrogens is 1. The predicted molar refractivity (Wildman–Crippen MR) is 108 cm³/mol. The summed E-state index contributed by atoms with van der Waals surface area (Å²) in [7, 11) is 0. The normalized spacial score (nSPS) is 16.4. The van der Waals surface area contributed by atoms with E-state index in [9.17, 15) is 18.0 Å². The molecule has 0 saturated carbocycles. The van der Waals surface area contributed by atoms with Gasteiger partial charge in [-0.3, -0.25) is 9.69 Å². The van der Waals surface area contributed by atoms with Gasteiger partial charge in [-0.25, -0.2) is 4.98 Å². The molecule has 1 aromatic carbocycles. The van der Waals surface area contributed by atoms with Gasteiger partial charge >= 0.3 is 6.18 Å². The van der Waals surface area contributed by atoms with Crippen LogP contribution in [0.25, 0.3) is 0 Å². The first kappa shape index (κ1) is 22.1. The number of H-pyrrole nitrogens is 1. The van der Waals surface area contributed by atoms with E-state index < -0.39 is 11.7 Å². The highest BCUT2D eigenvalue weighted by molar-refractivity contribution is 5.77. The summed E-state index contributed by atoms with van der Waals surface area (Å²) < 4.78 is 38.1.